The van der Waals surface area contributed by atoms with Gasteiger partial charge in [-0.25, -0.2) is 0 Å². The van der Waals surface area contributed by atoms with E-state index in [0.717, 1.165) is 66.8 Å². The largest absolute Gasteiger partial charge is 0.426 e. The van der Waals surface area contributed by atoms with Crippen molar-refractivity contribution in [1.82, 2.24) is 0 Å². The smallest absolute Gasteiger partial charge is 0.391 e. The van der Waals surface area contributed by atoms with Gasteiger partial charge >= 0.3 is 17.2 Å². The maximum atomic E-state index is 10.6. The molecule has 6 nitrogen and oxygen atoms in total. The monoisotopic (exact) mass is 654 g/mol. The van der Waals surface area contributed by atoms with Crippen LogP contribution in [0.5, 0.6) is 11.5 Å². The molecular weight excluding hydrogens is 614 g/mol. The molecule has 8 heteroatoms. The average molecular weight is 655 g/mol. The molecule has 46 heavy (non-hydrogen) atoms. The van der Waals surface area contributed by atoms with Crippen LogP contribution in [0.4, 0.5) is 0 Å². The zero-order valence-corrected chi connectivity index (χ0v) is 29.2. The van der Waals surface area contributed by atoms with Gasteiger partial charge in [0, 0.05) is 22.3 Å². The predicted molar refractivity (Wildman–Crippen MR) is 190 cm³/mol. The highest BCUT2D eigenvalue weighted by Crippen LogP contribution is 2.60. The van der Waals surface area contributed by atoms with Crippen molar-refractivity contribution in [2.24, 2.45) is 0 Å². The molecule has 0 amide bonds. The van der Waals surface area contributed by atoms with Crippen molar-refractivity contribution in [3.8, 4) is 56.0 Å². The summed E-state index contributed by atoms with van der Waals surface area (Å²) in [5.74, 6) is 0.542. The van der Waals surface area contributed by atoms with Gasteiger partial charge in [-0.05, 0) is 99.9 Å². The van der Waals surface area contributed by atoms with Crippen LogP contribution in [0.2, 0.25) is 0 Å². The fourth-order valence-electron chi connectivity index (χ4n) is 6.45. The Labute approximate surface area is 274 Å². The molecule has 5 rings (SSSR count). The highest BCUT2D eigenvalue weighted by atomic mass is 31.2. The first-order valence-electron chi connectivity index (χ1n) is 15.0. The first kappa shape index (κ1) is 33.8. The minimum atomic E-state index is -2.87. The fourth-order valence-corrected chi connectivity index (χ4v) is 7.15. The third-order valence-electron chi connectivity index (χ3n) is 8.36. The molecular formula is C38H40O6P2. The zero-order valence-electron chi connectivity index (χ0n) is 27.4. The molecule has 0 atom stereocenters. The molecule has 0 saturated carbocycles. The van der Waals surface area contributed by atoms with Gasteiger partial charge in [0.15, 0.2) is 0 Å². The predicted octanol–water partition coefficient (Wildman–Crippen LogP) is 10.0. The Hall–Kier alpha value is -3.60. The van der Waals surface area contributed by atoms with Crippen LogP contribution in [-0.2, 0) is 0 Å². The molecule has 0 aromatic heterocycles. The van der Waals surface area contributed by atoms with Crippen LogP contribution >= 0.6 is 17.2 Å². The van der Waals surface area contributed by atoms with Gasteiger partial charge in [-0.3, -0.25) is 0 Å². The van der Waals surface area contributed by atoms with Gasteiger partial charge in [-0.1, -0.05) is 95.1 Å². The summed E-state index contributed by atoms with van der Waals surface area (Å²) in [4.78, 5) is 42.3. The van der Waals surface area contributed by atoms with Crippen LogP contribution < -0.4 is 9.05 Å². The molecule has 0 aliphatic carbocycles. The van der Waals surface area contributed by atoms with E-state index in [1.807, 2.05) is 104 Å². The number of hydrogen-bond acceptors (Lipinski definition) is 6. The standard InChI is InChI=1S/C38H40O6P2/c1-21-9-13-29(25(5)17-21)33-34(30-14-10-22(2)18-26(30)6)38(44-46(41)42)36(32-16-12-24(4)20-28(32)8)35(37(33)43-45(39)40)31-15-11-23(3)19-27(31)7/h9-20,39-42H,1-8H3. The molecule has 238 valence electrons. The molecule has 0 aliphatic rings. The summed E-state index contributed by atoms with van der Waals surface area (Å²) in [7, 11) is -5.74. The molecule has 0 fully saturated rings. The second-order valence-corrected chi connectivity index (χ2v) is 13.5. The van der Waals surface area contributed by atoms with E-state index >= 15 is 0 Å². The Bertz CT molecular complexity index is 1680. The molecule has 0 spiro atoms. The van der Waals surface area contributed by atoms with Crippen LogP contribution in [0, 0.1) is 55.4 Å². The Morgan fingerprint density at radius 2 is 0.587 bits per heavy atom. The number of benzene rings is 5. The Morgan fingerprint density at radius 3 is 0.761 bits per heavy atom. The summed E-state index contributed by atoms with van der Waals surface area (Å²) in [5, 5.41) is 0. The Kier molecular flexibility index (Phi) is 10.0. The van der Waals surface area contributed by atoms with Gasteiger partial charge in [0.25, 0.3) is 0 Å². The summed E-state index contributed by atoms with van der Waals surface area (Å²) in [6, 6.07) is 24.2. The van der Waals surface area contributed by atoms with E-state index in [2.05, 4.69) is 24.3 Å². The molecule has 5 aromatic rings. The van der Waals surface area contributed by atoms with Gasteiger partial charge < -0.3 is 28.6 Å². The van der Waals surface area contributed by atoms with Crippen molar-refractivity contribution in [2.45, 2.75) is 55.4 Å². The average Bonchev–Trinajstić information content (AvgIpc) is 2.94. The van der Waals surface area contributed by atoms with Crippen molar-refractivity contribution in [3.05, 3.63) is 117 Å². The topological polar surface area (TPSA) is 99.4 Å². The number of rotatable bonds is 8. The van der Waals surface area contributed by atoms with Crippen molar-refractivity contribution < 1.29 is 28.6 Å². The maximum Gasteiger partial charge on any atom is 0.391 e. The Morgan fingerprint density at radius 1 is 0.370 bits per heavy atom. The van der Waals surface area contributed by atoms with E-state index in [0.29, 0.717) is 22.3 Å². The van der Waals surface area contributed by atoms with Crippen LogP contribution in [0.1, 0.15) is 44.5 Å². The van der Waals surface area contributed by atoms with E-state index in [4.69, 9.17) is 9.05 Å². The van der Waals surface area contributed by atoms with E-state index < -0.39 is 17.2 Å². The van der Waals surface area contributed by atoms with Crippen LogP contribution in [0.15, 0.2) is 72.8 Å². The highest BCUT2D eigenvalue weighted by molar-refractivity contribution is 7.40. The number of hydrogen-bond donors (Lipinski definition) is 4. The normalized spacial score (nSPS) is 11.4. The van der Waals surface area contributed by atoms with Gasteiger partial charge in [0.05, 0.1) is 0 Å². The van der Waals surface area contributed by atoms with Gasteiger partial charge in [0.1, 0.15) is 11.5 Å². The quantitative estimate of drug-likeness (QED) is 0.124. The summed E-state index contributed by atoms with van der Waals surface area (Å²) in [6.45, 7) is 16.1. The Balaban J connectivity index is 2.18. The highest BCUT2D eigenvalue weighted by Gasteiger charge is 2.34. The third kappa shape index (κ3) is 6.75. The first-order valence-corrected chi connectivity index (χ1v) is 17.4. The van der Waals surface area contributed by atoms with E-state index in [1.54, 1.807) is 0 Å². The lowest BCUT2D eigenvalue weighted by Crippen LogP contribution is -2.05. The van der Waals surface area contributed by atoms with E-state index in [-0.39, 0.29) is 11.5 Å². The fraction of sp³-hybridized carbons (Fsp3) is 0.211. The molecule has 0 unspecified atom stereocenters. The molecule has 5 aromatic carbocycles. The lowest BCUT2D eigenvalue weighted by Gasteiger charge is -2.29. The summed E-state index contributed by atoms with van der Waals surface area (Å²) in [6.07, 6.45) is 0. The van der Waals surface area contributed by atoms with Gasteiger partial charge in [0.2, 0.25) is 0 Å². The second kappa shape index (κ2) is 13.6. The first-order chi connectivity index (χ1) is 21.8. The lowest BCUT2D eigenvalue weighted by atomic mass is 9.80. The van der Waals surface area contributed by atoms with E-state index in [1.165, 1.54) is 0 Å². The minimum absolute atomic E-state index is 0.271. The van der Waals surface area contributed by atoms with Crippen LogP contribution in [0.25, 0.3) is 44.5 Å². The van der Waals surface area contributed by atoms with E-state index in [9.17, 15) is 19.6 Å². The molecule has 0 heterocycles. The van der Waals surface area contributed by atoms with Crippen molar-refractivity contribution in [3.63, 3.8) is 0 Å². The summed E-state index contributed by atoms with van der Waals surface area (Å²) in [5.41, 5.74) is 13.4. The molecule has 0 aliphatic heterocycles. The zero-order chi connectivity index (χ0) is 33.4. The lowest BCUT2D eigenvalue weighted by molar-refractivity contribution is 0.371. The van der Waals surface area contributed by atoms with Crippen molar-refractivity contribution in [1.29, 1.82) is 0 Å². The van der Waals surface area contributed by atoms with Crippen LogP contribution in [0.3, 0.4) is 0 Å². The number of aryl methyl sites for hydroxylation is 8. The summed E-state index contributed by atoms with van der Waals surface area (Å²) >= 11 is 0. The molecule has 0 saturated heterocycles. The molecule has 0 bridgehead atoms. The van der Waals surface area contributed by atoms with Crippen molar-refractivity contribution >= 4 is 17.2 Å². The van der Waals surface area contributed by atoms with Crippen LogP contribution in [-0.4, -0.2) is 19.6 Å². The second-order valence-electron chi connectivity index (χ2n) is 12.1. The van der Waals surface area contributed by atoms with Gasteiger partial charge in [-0.2, -0.15) is 0 Å². The SMILES string of the molecule is Cc1ccc(-c2c(OP(O)O)c(-c3ccc(C)cc3C)c(-c3ccc(C)cc3C)c(OP(O)O)c2-c2ccc(C)cc2C)c(C)c1. The molecule has 4 N–H and O–H groups in total. The van der Waals surface area contributed by atoms with Crippen molar-refractivity contribution in [2.75, 3.05) is 0 Å². The summed E-state index contributed by atoms with van der Waals surface area (Å²) < 4.78 is 12.3. The third-order valence-corrected chi connectivity index (χ3v) is 9.05. The minimum Gasteiger partial charge on any atom is -0.426 e. The maximum absolute atomic E-state index is 10.6. The van der Waals surface area contributed by atoms with Gasteiger partial charge in [-0.15, -0.1) is 0 Å². The molecule has 0 radical (unpaired) electrons.